The predicted molar refractivity (Wildman–Crippen MR) is 85.1 cm³/mol. The molecule has 0 fully saturated rings. The standard InChI is InChI=1S/C16H22ClNO4/c1-5-18(9-12(3)16(20)21-4)15(19)10-22-14-7-6-13(17)8-11(14)2/h6-8,12H,5,9-10H2,1-4H3. The number of halogens is 1. The summed E-state index contributed by atoms with van der Waals surface area (Å²) in [5, 5.41) is 0.623. The van der Waals surface area contributed by atoms with Gasteiger partial charge in [0.25, 0.3) is 5.91 Å². The summed E-state index contributed by atoms with van der Waals surface area (Å²) in [6.45, 7) is 6.18. The second-order valence-electron chi connectivity index (χ2n) is 5.06. The fourth-order valence-electron chi connectivity index (χ4n) is 2.02. The molecule has 0 saturated heterocycles. The first kappa shape index (κ1) is 18.3. The van der Waals surface area contributed by atoms with E-state index in [1.165, 1.54) is 7.11 Å². The Morgan fingerprint density at radius 3 is 2.59 bits per heavy atom. The summed E-state index contributed by atoms with van der Waals surface area (Å²) in [7, 11) is 1.34. The second-order valence-corrected chi connectivity index (χ2v) is 5.49. The fourth-order valence-corrected chi connectivity index (χ4v) is 2.25. The van der Waals surface area contributed by atoms with Crippen LogP contribution in [-0.4, -0.2) is 43.6 Å². The van der Waals surface area contributed by atoms with E-state index in [0.717, 1.165) is 5.56 Å². The van der Waals surface area contributed by atoms with Crippen LogP contribution in [0.1, 0.15) is 19.4 Å². The molecule has 0 saturated carbocycles. The van der Waals surface area contributed by atoms with E-state index in [1.807, 2.05) is 13.8 Å². The van der Waals surface area contributed by atoms with Gasteiger partial charge >= 0.3 is 5.97 Å². The van der Waals surface area contributed by atoms with Crippen molar-refractivity contribution in [3.8, 4) is 5.75 Å². The van der Waals surface area contributed by atoms with Gasteiger partial charge in [0.15, 0.2) is 6.61 Å². The molecular weight excluding hydrogens is 306 g/mol. The number of likely N-dealkylation sites (N-methyl/N-ethyl adjacent to an activating group) is 1. The van der Waals surface area contributed by atoms with Gasteiger partial charge in [-0.15, -0.1) is 0 Å². The summed E-state index contributed by atoms with van der Waals surface area (Å²) in [6.07, 6.45) is 0. The minimum Gasteiger partial charge on any atom is -0.483 e. The minimum atomic E-state index is -0.369. The smallest absolute Gasteiger partial charge is 0.310 e. The molecule has 1 atom stereocenters. The number of hydrogen-bond donors (Lipinski definition) is 0. The lowest BCUT2D eigenvalue weighted by Gasteiger charge is -2.23. The fraction of sp³-hybridized carbons (Fsp3) is 0.500. The quantitative estimate of drug-likeness (QED) is 0.722. The molecule has 0 radical (unpaired) electrons. The topological polar surface area (TPSA) is 55.8 Å². The number of benzene rings is 1. The third-order valence-electron chi connectivity index (χ3n) is 3.32. The molecule has 0 aliphatic rings. The van der Waals surface area contributed by atoms with Crippen molar-refractivity contribution in [2.45, 2.75) is 20.8 Å². The van der Waals surface area contributed by atoms with Gasteiger partial charge in [0.05, 0.1) is 13.0 Å². The number of aryl methyl sites for hydroxylation is 1. The van der Waals surface area contributed by atoms with Crippen LogP contribution in [0.2, 0.25) is 5.02 Å². The Morgan fingerprint density at radius 1 is 1.36 bits per heavy atom. The van der Waals surface area contributed by atoms with Gasteiger partial charge in [-0.3, -0.25) is 9.59 Å². The van der Waals surface area contributed by atoms with Crippen LogP contribution in [0.15, 0.2) is 18.2 Å². The number of esters is 1. The number of rotatable bonds is 7. The summed E-state index contributed by atoms with van der Waals surface area (Å²) >= 11 is 5.88. The summed E-state index contributed by atoms with van der Waals surface area (Å²) in [5.74, 6) is -0.255. The summed E-state index contributed by atoms with van der Waals surface area (Å²) in [5.41, 5.74) is 0.867. The molecule has 0 heterocycles. The minimum absolute atomic E-state index is 0.0792. The molecule has 0 bridgehead atoms. The van der Waals surface area contributed by atoms with Crippen LogP contribution in [0.25, 0.3) is 0 Å². The number of methoxy groups -OCH3 is 1. The summed E-state index contributed by atoms with van der Waals surface area (Å²) < 4.78 is 10.2. The number of carbonyl (C=O) groups excluding carboxylic acids is 2. The third kappa shape index (κ3) is 5.22. The number of carbonyl (C=O) groups is 2. The number of nitrogens with zero attached hydrogens (tertiary/aromatic N) is 1. The molecule has 5 nitrogen and oxygen atoms in total. The van der Waals surface area contributed by atoms with Crippen molar-refractivity contribution >= 4 is 23.5 Å². The van der Waals surface area contributed by atoms with Crippen molar-refractivity contribution in [1.82, 2.24) is 4.90 Å². The molecule has 1 aromatic carbocycles. The highest BCUT2D eigenvalue weighted by Crippen LogP contribution is 2.21. The lowest BCUT2D eigenvalue weighted by molar-refractivity contribution is -0.146. The van der Waals surface area contributed by atoms with Crippen molar-refractivity contribution in [3.63, 3.8) is 0 Å². The van der Waals surface area contributed by atoms with Gasteiger partial charge in [0.1, 0.15) is 5.75 Å². The second kappa shape index (κ2) is 8.63. The van der Waals surface area contributed by atoms with Crippen LogP contribution in [0.3, 0.4) is 0 Å². The van der Waals surface area contributed by atoms with E-state index in [1.54, 1.807) is 30.0 Å². The van der Waals surface area contributed by atoms with E-state index in [0.29, 0.717) is 23.9 Å². The first-order valence-electron chi connectivity index (χ1n) is 7.13. The third-order valence-corrected chi connectivity index (χ3v) is 3.56. The maximum Gasteiger partial charge on any atom is 0.310 e. The van der Waals surface area contributed by atoms with E-state index in [-0.39, 0.29) is 24.4 Å². The molecule has 1 amide bonds. The SMILES string of the molecule is CCN(CC(C)C(=O)OC)C(=O)COc1ccc(Cl)cc1C. The van der Waals surface area contributed by atoms with Crippen LogP contribution >= 0.6 is 11.6 Å². The van der Waals surface area contributed by atoms with Crippen molar-refractivity contribution in [1.29, 1.82) is 0 Å². The highest BCUT2D eigenvalue weighted by atomic mass is 35.5. The van der Waals surface area contributed by atoms with E-state index in [4.69, 9.17) is 16.3 Å². The van der Waals surface area contributed by atoms with Gasteiger partial charge in [-0.25, -0.2) is 0 Å². The van der Waals surface area contributed by atoms with Gasteiger partial charge in [0, 0.05) is 18.1 Å². The van der Waals surface area contributed by atoms with Gasteiger partial charge in [-0.1, -0.05) is 18.5 Å². The highest BCUT2D eigenvalue weighted by molar-refractivity contribution is 6.30. The van der Waals surface area contributed by atoms with E-state index >= 15 is 0 Å². The molecule has 6 heteroatoms. The van der Waals surface area contributed by atoms with E-state index in [2.05, 4.69) is 4.74 Å². The number of ether oxygens (including phenoxy) is 2. The van der Waals surface area contributed by atoms with Crippen LogP contribution in [0, 0.1) is 12.8 Å². The highest BCUT2D eigenvalue weighted by Gasteiger charge is 2.20. The maximum absolute atomic E-state index is 12.2. The molecule has 0 N–H and O–H groups in total. The Labute approximate surface area is 136 Å². The zero-order valence-electron chi connectivity index (χ0n) is 13.4. The van der Waals surface area contributed by atoms with Crippen LogP contribution < -0.4 is 4.74 Å². The molecule has 122 valence electrons. The van der Waals surface area contributed by atoms with Gasteiger partial charge in [-0.05, 0) is 37.6 Å². The van der Waals surface area contributed by atoms with Gasteiger partial charge in [-0.2, -0.15) is 0 Å². The van der Waals surface area contributed by atoms with Gasteiger partial charge < -0.3 is 14.4 Å². The Kier molecular flexibility index (Phi) is 7.18. The molecule has 1 unspecified atom stereocenters. The van der Waals surface area contributed by atoms with Crippen molar-refractivity contribution in [3.05, 3.63) is 28.8 Å². The van der Waals surface area contributed by atoms with Crippen LogP contribution in [-0.2, 0) is 14.3 Å². The molecule has 0 aromatic heterocycles. The van der Waals surface area contributed by atoms with Crippen molar-refractivity contribution in [2.24, 2.45) is 5.92 Å². The van der Waals surface area contributed by atoms with E-state index in [9.17, 15) is 9.59 Å². The normalized spacial score (nSPS) is 11.7. The van der Waals surface area contributed by atoms with Crippen molar-refractivity contribution < 1.29 is 19.1 Å². The lowest BCUT2D eigenvalue weighted by atomic mass is 10.1. The Morgan fingerprint density at radius 2 is 2.05 bits per heavy atom. The first-order chi connectivity index (χ1) is 10.4. The average Bonchev–Trinajstić information content (AvgIpc) is 2.50. The molecule has 22 heavy (non-hydrogen) atoms. The zero-order valence-corrected chi connectivity index (χ0v) is 14.1. The predicted octanol–water partition coefficient (Wildman–Crippen LogP) is 2.68. The lowest BCUT2D eigenvalue weighted by Crippen LogP contribution is -2.39. The molecule has 0 aliphatic carbocycles. The van der Waals surface area contributed by atoms with Crippen LogP contribution in [0.4, 0.5) is 0 Å². The average molecular weight is 328 g/mol. The molecule has 0 aliphatic heterocycles. The Hall–Kier alpha value is -1.75. The summed E-state index contributed by atoms with van der Waals surface area (Å²) in [4.78, 5) is 25.2. The first-order valence-corrected chi connectivity index (χ1v) is 7.51. The molecule has 0 spiro atoms. The van der Waals surface area contributed by atoms with Crippen LogP contribution in [0.5, 0.6) is 5.75 Å². The largest absolute Gasteiger partial charge is 0.483 e. The van der Waals surface area contributed by atoms with Crippen molar-refractivity contribution in [2.75, 3.05) is 26.8 Å². The summed E-state index contributed by atoms with van der Waals surface area (Å²) in [6, 6.07) is 5.22. The zero-order chi connectivity index (χ0) is 16.7. The number of hydrogen-bond acceptors (Lipinski definition) is 4. The Bertz CT molecular complexity index is 533. The van der Waals surface area contributed by atoms with E-state index < -0.39 is 0 Å². The monoisotopic (exact) mass is 327 g/mol. The molecule has 1 rings (SSSR count). The molecular formula is C16H22ClNO4. The maximum atomic E-state index is 12.2. The Balaban J connectivity index is 2.60. The van der Waals surface area contributed by atoms with Gasteiger partial charge in [0.2, 0.25) is 0 Å². The molecule has 1 aromatic rings. The number of amides is 1.